The molecule has 0 radical (unpaired) electrons. The smallest absolute Gasteiger partial charge is 0.256 e. The second-order valence-electron chi connectivity index (χ2n) is 6.47. The molecule has 5 heteroatoms. The fourth-order valence-electron chi connectivity index (χ4n) is 3.30. The van der Waals surface area contributed by atoms with E-state index in [1.165, 1.54) is 12.8 Å². The Labute approximate surface area is 143 Å². The van der Waals surface area contributed by atoms with Crippen molar-refractivity contribution < 1.29 is 4.79 Å². The molecule has 2 heterocycles. The van der Waals surface area contributed by atoms with Gasteiger partial charge in [0.1, 0.15) is 0 Å². The van der Waals surface area contributed by atoms with Gasteiger partial charge in [-0.1, -0.05) is 12.1 Å². The third-order valence-electron chi connectivity index (χ3n) is 4.71. The van der Waals surface area contributed by atoms with Crippen LogP contribution in [0.5, 0.6) is 0 Å². The Hall–Kier alpha value is -2.30. The predicted octanol–water partition coefficient (Wildman–Crippen LogP) is 3.08. The molecule has 1 aromatic carbocycles. The van der Waals surface area contributed by atoms with Crippen LogP contribution in [0.25, 0.3) is 0 Å². The average molecular weight is 326 g/mol. The summed E-state index contributed by atoms with van der Waals surface area (Å²) in [6, 6.07) is 7.96. The molecule has 1 amide bonds. The number of carbonyl (C=O) groups excluding carboxylic acids is 1. The fraction of sp³-hybridized carbons (Fsp3) is 0.474. The van der Waals surface area contributed by atoms with E-state index in [1.54, 1.807) is 4.90 Å². The Morgan fingerprint density at radius 1 is 1.25 bits per heavy atom. The van der Waals surface area contributed by atoms with Gasteiger partial charge in [-0.3, -0.25) is 9.48 Å². The van der Waals surface area contributed by atoms with Gasteiger partial charge in [0.15, 0.2) is 0 Å². The van der Waals surface area contributed by atoms with Gasteiger partial charge in [-0.15, -0.1) is 0 Å². The van der Waals surface area contributed by atoms with E-state index in [-0.39, 0.29) is 5.91 Å². The topological polar surface area (TPSA) is 41.4 Å². The second kappa shape index (κ2) is 7.07. The zero-order valence-corrected chi connectivity index (χ0v) is 14.8. The number of aryl methyl sites for hydroxylation is 2. The van der Waals surface area contributed by atoms with Crippen molar-refractivity contribution in [1.82, 2.24) is 14.7 Å². The normalized spacial score (nSPS) is 14.2. The highest BCUT2D eigenvalue weighted by atomic mass is 16.2. The number of para-hydroxylation sites is 1. The number of hydrogen-bond acceptors (Lipinski definition) is 3. The molecule has 1 fully saturated rings. The van der Waals surface area contributed by atoms with Gasteiger partial charge in [-0.25, -0.2) is 0 Å². The molecule has 24 heavy (non-hydrogen) atoms. The zero-order valence-electron chi connectivity index (χ0n) is 14.8. The van der Waals surface area contributed by atoms with E-state index in [2.05, 4.69) is 23.0 Å². The lowest BCUT2D eigenvalue weighted by Gasteiger charge is -2.24. The van der Waals surface area contributed by atoms with E-state index in [1.807, 2.05) is 43.0 Å². The molecule has 0 atom stereocenters. The Kier molecular flexibility index (Phi) is 4.88. The number of rotatable bonds is 5. The first-order valence-electron chi connectivity index (χ1n) is 8.72. The third kappa shape index (κ3) is 3.30. The maximum atomic E-state index is 13.0. The van der Waals surface area contributed by atoms with Crippen molar-refractivity contribution >= 4 is 11.6 Å². The van der Waals surface area contributed by atoms with Gasteiger partial charge in [0.25, 0.3) is 5.91 Å². The van der Waals surface area contributed by atoms with Crippen LogP contribution >= 0.6 is 0 Å². The number of amides is 1. The van der Waals surface area contributed by atoms with Crippen molar-refractivity contribution in [2.45, 2.75) is 39.8 Å². The molecule has 0 bridgehead atoms. The van der Waals surface area contributed by atoms with Gasteiger partial charge < -0.3 is 9.80 Å². The lowest BCUT2D eigenvalue weighted by molar-refractivity contribution is 0.0785. The minimum absolute atomic E-state index is 0.0705. The lowest BCUT2D eigenvalue weighted by atomic mass is 10.1. The molecule has 0 spiro atoms. The van der Waals surface area contributed by atoms with Gasteiger partial charge in [-0.2, -0.15) is 5.10 Å². The summed E-state index contributed by atoms with van der Waals surface area (Å²) in [5.41, 5.74) is 3.95. The van der Waals surface area contributed by atoms with Crippen molar-refractivity contribution in [3.63, 3.8) is 0 Å². The first-order valence-corrected chi connectivity index (χ1v) is 8.72. The largest absolute Gasteiger partial charge is 0.371 e. The van der Waals surface area contributed by atoms with Crippen molar-refractivity contribution in [3.8, 4) is 0 Å². The highest BCUT2D eigenvalue weighted by Gasteiger charge is 2.22. The molecule has 0 N–H and O–H groups in total. The number of carbonyl (C=O) groups is 1. The van der Waals surface area contributed by atoms with Crippen LogP contribution in [-0.4, -0.2) is 40.7 Å². The number of hydrogen-bond donors (Lipinski definition) is 0. The summed E-state index contributed by atoms with van der Waals surface area (Å²) < 4.78 is 1.92. The number of nitrogens with zero attached hydrogens (tertiary/aromatic N) is 4. The van der Waals surface area contributed by atoms with Crippen LogP contribution in [0, 0.1) is 6.92 Å². The van der Waals surface area contributed by atoms with E-state index in [9.17, 15) is 4.79 Å². The molecule has 0 saturated carbocycles. The maximum absolute atomic E-state index is 13.0. The number of aromatic nitrogens is 2. The fourth-order valence-corrected chi connectivity index (χ4v) is 3.30. The van der Waals surface area contributed by atoms with Crippen molar-refractivity contribution in [2.24, 2.45) is 0 Å². The number of anilines is 1. The van der Waals surface area contributed by atoms with E-state index >= 15 is 0 Å². The highest BCUT2D eigenvalue weighted by Crippen LogP contribution is 2.25. The molecule has 1 aliphatic heterocycles. The Bertz CT molecular complexity index is 716. The molecule has 3 rings (SSSR count). The van der Waals surface area contributed by atoms with Crippen LogP contribution in [0.1, 0.15) is 41.4 Å². The SMILES string of the molecule is CCn1cc(CN(C)C(=O)c2ccccc2N2CCCC2)c(C)n1. The number of benzene rings is 1. The van der Waals surface area contributed by atoms with E-state index < -0.39 is 0 Å². The molecule has 0 unspecified atom stereocenters. The molecule has 128 valence electrons. The van der Waals surface area contributed by atoms with E-state index in [4.69, 9.17) is 0 Å². The van der Waals surface area contributed by atoms with Crippen molar-refractivity contribution in [1.29, 1.82) is 0 Å². The van der Waals surface area contributed by atoms with Gasteiger partial charge in [0, 0.05) is 50.7 Å². The highest BCUT2D eigenvalue weighted by molar-refractivity contribution is 5.99. The maximum Gasteiger partial charge on any atom is 0.256 e. The monoisotopic (exact) mass is 326 g/mol. The molecule has 0 aliphatic carbocycles. The van der Waals surface area contributed by atoms with Crippen LogP contribution in [0.15, 0.2) is 30.5 Å². The zero-order chi connectivity index (χ0) is 17.1. The predicted molar refractivity (Wildman–Crippen MR) is 96.3 cm³/mol. The third-order valence-corrected chi connectivity index (χ3v) is 4.71. The Morgan fingerprint density at radius 2 is 1.96 bits per heavy atom. The molecule has 1 saturated heterocycles. The lowest BCUT2D eigenvalue weighted by Crippen LogP contribution is -2.29. The molecule has 2 aromatic rings. The second-order valence-corrected chi connectivity index (χ2v) is 6.47. The Morgan fingerprint density at radius 3 is 2.62 bits per heavy atom. The molecule has 1 aromatic heterocycles. The summed E-state index contributed by atoms with van der Waals surface area (Å²) in [5, 5.41) is 4.47. The van der Waals surface area contributed by atoms with Gasteiger partial charge in [0.05, 0.1) is 11.3 Å². The summed E-state index contributed by atoms with van der Waals surface area (Å²) >= 11 is 0. The Balaban J connectivity index is 1.79. The van der Waals surface area contributed by atoms with Crippen molar-refractivity contribution in [3.05, 3.63) is 47.3 Å². The minimum atomic E-state index is 0.0705. The van der Waals surface area contributed by atoms with E-state index in [0.29, 0.717) is 6.54 Å². The van der Waals surface area contributed by atoms with Crippen LogP contribution < -0.4 is 4.90 Å². The van der Waals surface area contributed by atoms with Gasteiger partial charge in [-0.05, 0) is 38.8 Å². The molecular formula is C19H26N4O. The summed E-state index contributed by atoms with van der Waals surface area (Å²) in [6.07, 6.45) is 4.44. The summed E-state index contributed by atoms with van der Waals surface area (Å²) in [6.45, 7) is 7.57. The van der Waals surface area contributed by atoms with E-state index in [0.717, 1.165) is 42.1 Å². The minimum Gasteiger partial charge on any atom is -0.371 e. The van der Waals surface area contributed by atoms with Crippen LogP contribution in [0.4, 0.5) is 5.69 Å². The summed E-state index contributed by atoms with van der Waals surface area (Å²) in [7, 11) is 1.87. The van der Waals surface area contributed by atoms with Crippen molar-refractivity contribution in [2.75, 3.05) is 25.0 Å². The first kappa shape index (κ1) is 16.6. The molecule has 5 nitrogen and oxygen atoms in total. The van der Waals surface area contributed by atoms with Crippen LogP contribution in [0.3, 0.4) is 0 Å². The van der Waals surface area contributed by atoms with Crippen LogP contribution in [-0.2, 0) is 13.1 Å². The molecule has 1 aliphatic rings. The molecular weight excluding hydrogens is 300 g/mol. The first-order chi connectivity index (χ1) is 11.6. The van der Waals surface area contributed by atoms with Gasteiger partial charge in [0.2, 0.25) is 0 Å². The quantitative estimate of drug-likeness (QED) is 0.848. The standard InChI is InChI=1S/C19H26N4O/c1-4-23-14-16(15(2)20-23)13-21(3)19(24)17-9-5-6-10-18(17)22-11-7-8-12-22/h5-6,9-10,14H,4,7-8,11-13H2,1-3H3. The average Bonchev–Trinajstić information content (AvgIpc) is 3.24. The summed E-state index contributed by atoms with van der Waals surface area (Å²) in [5.74, 6) is 0.0705. The van der Waals surface area contributed by atoms with Gasteiger partial charge >= 0.3 is 0 Å². The summed E-state index contributed by atoms with van der Waals surface area (Å²) in [4.78, 5) is 17.1. The van der Waals surface area contributed by atoms with Crippen LogP contribution in [0.2, 0.25) is 0 Å².